The number of nitrogens with two attached hydrogens (primary N) is 5. The lowest BCUT2D eigenvalue weighted by Crippen LogP contribution is -2.60. The summed E-state index contributed by atoms with van der Waals surface area (Å²) in [7, 11) is 0. The van der Waals surface area contributed by atoms with E-state index in [0.717, 1.165) is 13.8 Å². The van der Waals surface area contributed by atoms with Crippen molar-refractivity contribution >= 4 is 101 Å². The van der Waals surface area contributed by atoms with Crippen LogP contribution in [0.25, 0.3) is 0 Å². The van der Waals surface area contributed by atoms with Gasteiger partial charge in [0.2, 0.25) is 76.8 Å². The Morgan fingerprint density at radius 1 is 0.457 bits per heavy atom. The molecule has 0 aromatic carbocycles. The lowest BCUT2D eigenvalue weighted by atomic mass is 9.97. The first-order valence-corrected chi connectivity index (χ1v) is 29.6. The number of guanidine groups is 1. The number of unbranched alkanes of at least 4 members (excludes halogenated alkanes) is 1. The molecule has 0 aromatic rings. The number of nitrogens with one attached hydrogen (secondary N) is 12. The van der Waals surface area contributed by atoms with Crippen LogP contribution in [0.1, 0.15) is 126 Å². The minimum Gasteiger partial charge on any atom is -0.481 e. The maximum absolute atomic E-state index is 13.8. The molecule has 26 N–H and O–H groups in total. The predicted octanol–water partition coefficient (Wildman–Crippen LogP) is -8.59. The molecule has 0 fully saturated rings. The lowest BCUT2D eigenvalue weighted by molar-refractivity contribution is -0.143. The molecular weight excluding hydrogens is 1220 g/mol. The summed E-state index contributed by atoms with van der Waals surface area (Å²) < 4.78 is 0. The molecule has 0 saturated carbocycles. The van der Waals surface area contributed by atoms with Crippen LogP contribution >= 0.6 is 0 Å². The normalized spacial score (nSPS) is 15.2. The number of hydrogen-bond acceptors (Lipinski definition) is 20. The highest BCUT2D eigenvalue weighted by Gasteiger charge is 2.36. The zero-order valence-corrected chi connectivity index (χ0v) is 52.8. The van der Waals surface area contributed by atoms with Crippen molar-refractivity contribution in [1.82, 2.24) is 63.8 Å². The summed E-state index contributed by atoms with van der Waals surface area (Å²) in [6.07, 6.45) is -1.85. The average Bonchev–Trinajstić information content (AvgIpc) is 1.02. The minimum atomic E-state index is -2.07. The van der Waals surface area contributed by atoms with E-state index in [9.17, 15) is 97.1 Å². The third kappa shape index (κ3) is 32.9. The molecule has 0 heterocycles. The van der Waals surface area contributed by atoms with Gasteiger partial charge in [-0.15, -0.1) is 0 Å². The highest BCUT2D eigenvalue weighted by atomic mass is 16.4. The van der Waals surface area contributed by atoms with Gasteiger partial charge in [0.15, 0.2) is 5.96 Å². The van der Waals surface area contributed by atoms with Crippen molar-refractivity contribution in [3.05, 3.63) is 0 Å². The maximum Gasteiger partial charge on any atom is 0.326 e. The average molecular weight is 1320 g/mol. The molecule has 0 bridgehead atoms. The van der Waals surface area contributed by atoms with E-state index < -0.39 is 199 Å². The molecule has 0 radical (unpaired) electrons. The molecular formula is C54H94N18O20. The topological polar surface area (TPSA) is 641 Å². The Morgan fingerprint density at radius 3 is 1.36 bits per heavy atom. The highest BCUT2D eigenvalue weighted by Crippen LogP contribution is 2.12. The fourth-order valence-electron chi connectivity index (χ4n) is 8.09. The van der Waals surface area contributed by atoms with Crippen LogP contribution in [0.3, 0.4) is 0 Å². The van der Waals surface area contributed by atoms with Gasteiger partial charge in [0.25, 0.3) is 0 Å². The van der Waals surface area contributed by atoms with Crippen molar-refractivity contribution < 1.29 is 97.1 Å². The molecule has 0 saturated heterocycles. The summed E-state index contributed by atoms with van der Waals surface area (Å²) in [6, 6.07) is -18.3. The van der Waals surface area contributed by atoms with E-state index in [0.29, 0.717) is 12.8 Å². The molecule has 13 atom stereocenters. The largest absolute Gasteiger partial charge is 0.481 e. The molecule has 0 aliphatic carbocycles. The van der Waals surface area contributed by atoms with Gasteiger partial charge in [-0.3, -0.25) is 76.9 Å². The van der Waals surface area contributed by atoms with Crippen molar-refractivity contribution in [3.63, 3.8) is 0 Å². The Balaban J connectivity index is 6.02. The summed E-state index contributed by atoms with van der Waals surface area (Å²) in [4.78, 5) is 210. The van der Waals surface area contributed by atoms with Crippen LogP contribution in [0, 0.1) is 11.8 Å². The number of aliphatic carboxylic acids is 3. The molecule has 0 aliphatic heterocycles. The molecule has 0 spiro atoms. The summed E-state index contributed by atoms with van der Waals surface area (Å²) in [5, 5.41) is 66.3. The lowest BCUT2D eigenvalue weighted by Gasteiger charge is -2.27. The van der Waals surface area contributed by atoms with Crippen LogP contribution in [0.5, 0.6) is 0 Å². The van der Waals surface area contributed by atoms with Gasteiger partial charge < -0.3 is 113 Å². The summed E-state index contributed by atoms with van der Waals surface area (Å²) in [6.45, 7) is 10.1. The van der Waals surface area contributed by atoms with Crippen LogP contribution < -0.4 is 92.5 Å². The van der Waals surface area contributed by atoms with E-state index >= 15 is 0 Å². The number of carboxylic acids is 3. The number of nitrogens with zero attached hydrogens (tertiary/aromatic N) is 1. The van der Waals surface area contributed by atoms with E-state index in [-0.39, 0.29) is 69.9 Å². The van der Waals surface area contributed by atoms with E-state index in [4.69, 9.17) is 28.7 Å². The van der Waals surface area contributed by atoms with Gasteiger partial charge in [0, 0.05) is 13.0 Å². The number of rotatable bonds is 45. The minimum absolute atomic E-state index is 0.0237. The standard InChI is InChI=1S/C54H94N18O20/c1-9-25(4)41(72-46(84)30(56)13-12-18-60-54(58)59)52(90)65-29(8)45(83)71-36(23-73)51(89)64-28(7)44(82)67-31(14-10-11-17-55)47(85)69-35(21-40(78)79)50(88)70-34(20-39(76)77)48(86)63-27(6)43(81)62-26(5)42(80)61-22-38(75)66-33(19-24(2)3)49(87)68-32(53(91)92)15-16-37(57)74/h24-36,41,73H,9-23,55-56H2,1-8H3,(H2,57,74)(H,61,80)(H,62,81)(H,63,86)(H,64,89)(H,65,90)(H,66,75)(H,67,82)(H,68,87)(H,69,85)(H,70,88)(H,71,83)(H,72,84)(H,76,77)(H,78,79)(H,91,92)(H4,58,59,60)/t25-,26-,27-,28-,29-,30-,31-,32-,33-,34-,35-,36-,41-/m0/s1. The number of aliphatic imine (C=N–C) groups is 1. The van der Waals surface area contributed by atoms with E-state index in [2.05, 4.69) is 63.5 Å². The fourth-order valence-corrected chi connectivity index (χ4v) is 8.09. The van der Waals surface area contributed by atoms with Gasteiger partial charge in [-0.1, -0.05) is 34.1 Å². The second-order valence-electron chi connectivity index (χ2n) is 22.1. The van der Waals surface area contributed by atoms with Gasteiger partial charge >= 0.3 is 17.9 Å². The van der Waals surface area contributed by atoms with Crippen molar-refractivity contribution in [1.29, 1.82) is 0 Å². The second kappa shape index (κ2) is 42.6. The molecule has 38 nitrogen and oxygen atoms in total. The van der Waals surface area contributed by atoms with E-state index in [1.165, 1.54) is 13.8 Å². The number of carbonyl (C=O) groups is 16. The summed E-state index contributed by atoms with van der Waals surface area (Å²) in [5.41, 5.74) is 27.3. The van der Waals surface area contributed by atoms with E-state index in [1.807, 2.05) is 5.32 Å². The number of aliphatic hydroxyl groups excluding tert-OH is 1. The fraction of sp³-hybridized carbons (Fsp3) is 0.685. The highest BCUT2D eigenvalue weighted by molar-refractivity contribution is 6.00. The van der Waals surface area contributed by atoms with Crippen molar-refractivity contribution in [2.45, 2.75) is 199 Å². The molecule has 0 rings (SSSR count). The third-order valence-electron chi connectivity index (χ3n) is 13.6. The molecule has 0 aromatic heterocycles. The number of amides is 13. The molecule has 0 aliphatic rings. The molecule has 92 heavy (non-hydrogen) atoms. The maximum atomic E-state index is 13.8. The summed E-state index contributed by atoms with van der Waals surface area (Å²) >= 11 is 0. The number of hydrogen-bond donors (Lipinski definition) is 21. The smallest absolute Gasteiger partial charge is 0.326 e. The first kappa shape index (κ1) is 82.7. The predicted molar refractivity (Wildman–Crippen MR) is 324 cm³/mol. The molecule has 0 unspecified atom stereocenters. The quantitative estimate of drug-likeness (QED) is 0.0153. The van der Waals surface area contributed by atoms with Crippen molar-refractivity contribution in [2.75, 3.05) is 26.2 Å². The first-order valence-electron chi connectivity index (χ1n) is 29.6. The SMILES string of the molecule is CC[C@H](C)[C@H](NC(=O)[C@@H](N)CCCN=C(N)N)C(=O)N[C@@H](C)C(=O)N[C@@H](CO)C(=O)N[C@@H](C)C(=O)N[C@@H](CCCCN)C(=O)N[C@@H](CC(=O)O)C(=O)N[C@@H](CC(=O)O)C(=O)N[C@@H](C)C(=O)N[C@@H](C)C(=O)NCC(=O)N[C@@H](CC(C)C)C(=O)N[C@@H](CCC(N)=O)C(=O)O. The number of carboxylic acid groups (broad SMARTS) is 3. The zero-order valence-electron chi connectivity index (χ0n) is 52.8. The number of aliphatic hydroxyl groups is 1. The molecule has 520 valence electrons. The van der Waals surface area contributed by atoms with Crippen LogP contribution in [0.4, 0.5) is 0 Å². The van der Waals surface area contributed by atoms with Crippen LogP contribution in [0.15, 0.2) is 4.99 Å². The zero-order chi connectivity index (χ0) is 70.7. The summed E-state index contributed by atoms with van der Waals surface area (Å²) in [5.74, 6) is -18.8. The van der Waals surface area contributed by atoms with Gasteiger partial charge in [-0.25, -0.2) is 4.79 Å². The van der Waals surface area contributed by atoms with Crippen LogP contribution in [-0.2, 0) is 76.7 Å². The molecule has 13 amide bonds. The monoisotopic (exact) mass is 1310 g/mol. The first-order chi connectivity index (χ1) is 42.9. The van der Waals surface area contributed by atoms with Gasteiger partial charge in [-0.2, -0.15) is 0 Å². The Kier molecular flexibility index (Phi) is 38.3. The Hall–Kier alpha value is -9.33. The molecule has 38 heteroatoms. The number of carbonyl (C=O) groups excluding carboxylic acids is 13. The van der Waals surface area contributed by atoms with Crippen molar-refractivity contribution in [3.8, 4) is 0 Å². The van der Waals surface area contributed by atoms with E-state index in [1.54, 1.807) is 27.7 Å². The van der Waals surface area contributed by atoms with Crippen LogP contribution in [-0.4, -0.2) is 220 Å². The van der Waals surface area contributed by atoms with Gasteiger partial charge in [0.1, 0.15) is 66.5 Å². The van der Waals surface area contributed by atoms with Crippen molar-refractivity contribution in [2.24, 2.45) is 45.5 Å². The van der Waals surface area contributed by atoms with Gasteiger partial charge in [-0.05, 0) is 91.0 Å². The Morgan fingerprint density at radius 2 is 0.891 bits per heavy atom. The van der Waals surface area contributed by atoms with Crippen LogP contribution in [0.2, 0.25) is 0 Å². The second-order valence-corrected chi connectivity index (χ2v) is 22.1. The Bertz CT molecular complexity index is 2620. The third-order valence-corrected chi connectivity index (χ3v) is 13.6. The number of primary amides is 1. The Labute approximate surface area is 530 Å². The van der Waals surface area contributed by atoms with Gasteiger partial charge in [0.05, 0.1) is 32.0 Å².